The number of allylic oxidation sites excluding steroid dienone is 1. The van der Waals surface area contributed by atoms with E-state index in [9.17, 15) is 18.0 Å². The van der Waals surface area contributed by atoms with Gasteiger partial charge in [0.05, 0.1) is 17.7 Å². The van der Waals surface area contributed by atoms with Crippen LogP contribution in [0.4, 0.5) is 13.2 Å². The van der Waals surface area contributed by atoms with E-state index in [0.717, 1.165) is 44.6 Å². The van der Waals surface area contributed by atoms with Gasteiger partial charge < -0.3 is 9.15 Å². The summed E-state index contributed by atoms with van der Waals surface area (Å²) in [6.07, 6.45) is 3.35. The number of halogens is 3. The van der Waals surface area contributed by atoms with Crippen LogP contribution in [0.1, 0.15) is 56.6 Å². The lowest BCUT2D eigenvalue weighted by Crippen LogP contribution is -2.12. The van der Waals surface area contributed by atoms with E-state index in [-0.39, 0.29) is 16.7 Å². The molecule has 0 spiro atoms. The predicted octanol–water partition coefficient (Wildman–Crippen LogP) is 7.95. The molecular weight excluding hydrogens is 429 g/mol. The highest BCUT2D eigenvalue weighted by Gasteiger charge is 2.34. The maximum absolute atomic E-state index is 13.8. The highest BCUT2D eigenvalue weighted by atomic mass is 19.4. The largest absolute Gasteiger partial charge is 0.493 e. The molecule has 6 heteroatoms. The molecular formula is C27H29F3O3. The number of rotatable bonds is 11. The smallest absolute Gasteiger partial charge is 0.417 e. The van der Waals surface area contributed by atoms with Crippen molar-refractivity contribution >= 4 is 11.0 Å². The maximum Gasteiger partial charge on any atom is 0.417 e. The average molecular weight is 459 g/mol. The minimum atomic E-state index is -4.58. The average Bonchev–Trinajstić information content (AvgIpc) is 2.78. The molecule has 0 bridgehead atoms. The Bertz CT molecular complexity index is 1150. The van der Waals surface area contributed by atoms with Crippen molar-refractivity contribution in [2.24, 2.45) is 0 Å². The molecule has 0 fully saturated rings. The van der Waals surface area contributed by atoms with E-state index in [0.29, 0.717) is 29.7 Å². The van der Waals surface area contributed by atoms with Gasteiger partial charge in [0.1, 0.15) is 11.3 Å². The molecule has 2 aromatic carbocycles. The predicted molar refractivity (Wildman–Crippen MR) is 126 cm³/mol. The number of benzene rings is 2. The van der Waals surface area contributed by atoms with Crippen molar-refractivity contribution in [2.75, 3.05) is 6.61 Å². The molecule has 0 amide bonds. The summed E-state index contributed by atoms with van der Waals surface area (Å²) in [5, 5.41) is 0.531. The summed E-state index contributed by atoms with van der Waals surface area (Å²) in [4.78, 5) is 12.7. The minimum Gasteiger partial charge on any atom is -0.493 e. The van der Waals surface area contributed by atoms with Gasteiger partial charge in [0.2, 0.25) is 0 Å². The van der Waals surface area contributed by atoms with Crippen LogP contribution in [0.3, 0.4) is 0 Å². The van der Waals surface area contributed by atoms with E-state index < -0.39 is 17.4 Å². The summed E-state index contributed by atoms with van der Waals surface area (Å²) < 4.78 is 52.6. The third-order valence-electron chi connectivity index (χ3n) is 5.53. The highest BCUT2D eigenvalue weighted by Crippen LogP contribution is 2.38. The third kappa shape index (κ3) is 6.50. The molecule has 0 aliphatic heterocycles. The van der Waals surface area contributed by atoms with Crippen LogP contribution < -0.4 is 10.4 Å². The van der Waals surface area contributed by atoms with Crippen LogP contribution >= 0.6 is 0 Å². The van der Waals surface area contributed by atoms with Gasteiger partial charge in [-0.15, -0.1) is 6.58 Å². The Labute approximate surface area is 191 Å². The van der Waals surface area contributed by atoms with Crippen molar-refractivity contribution in [1.29, 1.82) is 0 Å². The molecule has 0 radical (unpaired) electrons. The number of unbranched alkanes of at least 4 members (excludes halogenated alkanes) is 4. The molecule has 0 unspecified atom stereocenters. The summed E-state index contributed by atoms with van der Waals surface area (Å²) in [6.45, 7) is 6.24. The van der Waals surface area contributed by atoms with Crippen LogP contribution in [0, 0.1) is 0 Å². The van der Waals surface area contributed by atoms with E-state index >= 15 is 0 Å². The number of hydrogen-bond donors (Lipinski definition) is 0. The van der Waals surface area contributed by atoms with Crippen LogP contribution in [0.15, 0.2) is 64.3 Å². The maximum atomic E-state index is 13.8. The molecule has 1 aromatic heterocycles. The van der Waals surface area contributed by atoms with Crippen molar-refractivity contribution < 1.29 is 22.3 Å². The van der Waals surface area contributed by atoms with E-state index in [1.54, 1.807) is 24.3 Å². The van der Waals surface area contributed by atoms with Gasteiger partial charge in [-0.3, -0.25) is 0 Å². The van der Waals surface area contributed by atoms with Crippen LogP contribution in [0.25, 0.3) is 22.1 Å². The number of fused-ring (bicyclic) bond motifs is 1. The van der Waals surface area contributed by atoms with E-state index in [1.165, 1.54) is 12.1 Å². The summed E-state index contributed by atoms with van der Waals surface area (Å²) in [6, 6.07) is 10.6. The lowest BCUT2D eigenvalue weighted by atomic mass is 9.95. The van der Waals surface area contributed by atoms with Gasteiger partial charge in [0.25, 0.3) is 0 Å². The van der Waals surface area contributed by atoms with Crippen LogP contribution in [0.2, 0.25) is 0 Å². The number of hydrogen-bond acceptors (Lipinski definition) is 3. The molecule has 0 atom stereocenters. The molecule has 1 heterocycles. The molecule has 0 aliphatic carbocycles. The Balaban J connectivity index is 1.91. The SMILES string of the molecule is C=CCCCCOc1ccc2cc(-c3ccc(CCCCC)cc3C(F)(F)F)c(=O)oc2c1. The van der Waals surface area contributed by atoms with Gasteiger partial charge in [0.15, 0.2) is 0 Å². The summed E-state index contributed by atoms with van der Waals surface area (Å²) in [7, 11) is 0. The Morgan fingerprint density at radius 3 is 2.55 bits per heavy atom. The zero-order valence-electron chi connectivity index (χ0n) is 18.8. The second-order valence-electron chi connectivity index (χ2n) is 8.11. The Morgan fingerprint density at radius 1 is 1.00 bits per heavy atom. The monoisotopic (exact) mass is 458 g/mol. The Morgan fingerprint density at radius 2 is 1.82 bits per heavy atom. The second kappa shape index (κ2) is 11.2. The van der Waals surface area contributed by atoms with Gasteiger partial charge >= 0.3 is 11.8 Å². The first-order chi connectivity index (χ1) is 15.8. The number of ether oxygens (including phenoxy) is 1. The highest BCUT2D eigenvalue weighted by molar-refractivity contribution is 5.83. The number of alkyl halides is 3. The van der Waals surface area contributed by atoms with E-state index in [2.05, 4.69) is 6.58 Å². The van der Waals surface area contributed by atoms with Crippen molar-refractivity contribution in [3.63, 3.8) is 0 Å². The molecule has 3 nitrogen and oxygen atoms in total. The molecule has 33 heavy (non-hydrogen) atoms. The minimum absolute atomic E-state index is 0.104. The first-order valence-corrected chi connectivity index (χ1v) is 11.4. The van der Waals surface area contributed by atoms with Gasteiger partial charge in [-0.25, -0.2) is 4.79 Å². The third-order valence-corrected chi connectivity index (χ3v) is 5.53. The van der Waals surface area contributed by atoms with Crippen molar-refractivity contribution in [3.05, 3.63) is 76.7 Å². The molecule has 3 rings (SSSR count). The summed E-state index contributed by atoms with van der Waals surface area (Å²) in [5.74, 6) is 0.546. The van der Waals surface area contributed by atoms with Crippen LogP contribution in [0.5, 0.6) is 5.75 Å². The Hall–Kier alpha value is -3.02. The van der Waals surface area contributed by atoms with Crippen LogP contribution in [-0.2, 0) is 12.6 Å². The number of aryl methyl sites for hydroxylation is 1. The molecule has 0 aliphatic rings. The fraction of sp³-hybridized carbons (Fsp3) is 0.370. The zero-order valence-corrected chi connectivity index (χ0v) is 18.8. The molecule has 0 saturated heterocycles. The van der Waals surface area contributed by atoms with Crippen LogP contribution in [-0.4, -0.2) is 6.61 Å². The van der Waals surface area contributed by atoms with E-state index in [1.807, 2.05) is 13.0 Å². The van der Waals surface area contributed by atoms with Crippen molar-refractivity contribution in [3.8, 4) is 16.9 Å². The quantitative estimate of drug-likeness (QED) is 0.166. The fourth-order valence-electron chi connectivity index (χ4n) is 3.75. The van der Waals surface area contributed by atoms with Gasteiger partial charge in [-0.1, -0.05) is 38.0 Å². The standard InChI is InChI=1S/C27H29F3O3/c1-3-5-7-9-15-32-21-13-12-20-17-23(26(31)33-25(20)18-21)22-14-11-19(10-8-6-4-2)16-24(22)27(28,29)30/h3,11-14,16-18H,1,4-10,15H2,2H3. The van der Waals surface area contributed by atoms with Crippen molar-refractivity contribution in [1.82, 2.24) is 0 Å². The van der Waals surface area contributed by atoms with Gasteiger partial charge in [-0.2, -0.15) is 13.2 Å². The van der Waals surface area contributed by atoms with Gasteiger partial charge in [0, 0.05) is 17.0 Å². The summed E-state index contributed by atoms with van der Waals surface area (Å²) >= 11 is 0. The zero-order chi connectivity index (χ0) is 23.8. The molecule has 0 saturated carbocycles. The normalized spacial score (nSPS) is 11.6. The van der Waals surface area contributed by atoms with Crippen molar-refractivity contribution in [2.45, 2.75) is 58.0 Å². The molecule has 0 N–H and O–H groups in total. The fourth-order valence-corrected chi connectivity index (χ4v) is 3.75. The first kappa shape index (κ1) is 24.6. The topological polar surface area (TPSA) is 39.4 Å². The Kier molecular flexibility index (Phi) is 8.37. The lowest BCUT2D eigenvalue weighted by Gasteiger charge is -2.15. The first-order valence-electron chi connectivity index (χ1n) is 11.4. The van der Waals surface area contributed by atoms with E-state index in [4.69, 9.17) is 9.15 Å². The summed E-state index contributed by atoms with van der Waals surface area (Å²) in [5.41, 5.74) is -1.01. The molecule has 3 aromatic rings. The second-order valence-corrected chi connectivity index (χ2v) is 8.11. The van der Waals surface area contributed by atoms with Gasteiger partial charge in [-0.05, 0) is 61.9 Å². The molecule has 176 valence electrons. The lowest BCUT2D eigenvalue weighted by molar-refractivity contribution is -0.137.